The molecule has 0 bridgehead atoms. The summed E-state index contributed by atoms with van der Waals surface area (Å²) < 4.78 is 4.91. The average molecular weight is 764 g/mol. The van der Waals surface area contributed by atoms with E-state index in [9.17, 15) is 0 Å². The van der Waals surface area contributed by atoms with E-state index in [1.807, 2.05) is 0 Å². The molecule has 0 unspecified atom stereocenters. The summed E-state index contributed by atoms with van der Waals surface area (Å²) in [4.78, 5) is 5.35. The van der Waals surface area contributed by atoms with E-state index in [1.54, 1.807) is 0 Å². The minimum absolute atomic E-state index is 0.933. The number of nitrogens with zero attached hydrogens (tertiary/aromatic N) is 3. The molecule has 12 aromatic rings. The van der Waals surface area contributed by atoms with Crippen LogP contribution in [0.1, 0.15) is 0 Å². The molecule has 0 fully saturated rings. The van der Waals surface area contributed by atoms with Gasteiger partial charge in [-0.05, 0) is 87.6 Å². The second kappa shape index (κ2) is 13.8. The highest BCUT2D eigenvalue weighted by Gasteiger charge is 2.21. The fourth-order valence-corrected chi connectivity index (χ4v) is 9.38. The van der Waals surface area contributed by atoms with Gasteiger partial charge in [0.25, 0.3) is 0 Å². The molecule has 3 nitrogen and oxygen atoms in total. The zero-order valence-corrected chi connectivity index (χ0v) is 32.7. The van der Waals surface area contributed by atoms with E-state index in [-0.39, 0.29) is 0 Å². The van der Waals surface area contributed by atoms with Crippen molar-refractivity contribution in [3.05, 3.63) is 224 Å². The molecule has 0 aliphatic rings. The van der Waals surface area contributed by atoms with Gasteiger partial charge in [0.2, 0.25) is 0 Å². The summed E-state index contributed by atoms with van der Waals surface area (Å²) in [6.45, 7) is 0. The van der Waals surface area contributed by atoms with E-state index in [0.29, 0.717) is 0 Å². The van der Waals surface area contributed by atoms with Crippen LogP contribution >= 0.6 is 0 Å². The van der Waals surface area contributed by atoms with Crippen molar-refractivity contribution in [3.63, 3.8) is 0 Å². The first-order valence-electron chi connectivity index (χ1n) is 20.5. The van der Waals surface area contributed by atoms with Crippen molar-refractivity contribution >= 4 is 54.4 Å². The Morgan fingerprint density at radius 3 is 1.63 bits per heavy atom. The first kappa shape index (κ1) is 34.1. The Morgan fingerprint density at radius 1 is 0.300 bits per heavy atom. The zero-order valence-electron chi connectivity index (χ0n) is 32.7. The third-order valence-corrected chi connectivity index (χ3v) is 12.1. The van der Waals surface area contributed by atoms with Gasteiger partial charge in [0.15, 0.2) is 0 Å². The lowest BCUT2D eigenvalue weighted by molar-refractivity contribution is 1.17. The Bertz CT molecular complexity index is 3590. The van der Waals surface area contributed by atoms with Crippen molar-refractivity contribution in [1.82, 2.24) is 14.1 Å². The third kappa shape index (κ3) is 5.48. The molecule has 12 rings (SSSR count). The van der Waals surface area contributed by atoms with Crippen LogP contribution in [0.5, 0.6) is 0 Å². The molecule has 3 heterocycles. The van der Waals surface area contributed by atoms with Crippen LogP contribution in [0.4, 0.5) is 0 Å². The highest BCUT2D eigenvalue weighted by molar-refractivity contribution is 6.26. The zero-order chi connectivity index (χ0) is 39.6. The van der Waals surface area contributed by atoms with Crippen molar-refractivity contribution in [2.45, 2.75) is 0 Å². The molecule has 0 saturated heterocycles. The van der Waals surface area contributed by atoms with Gasteiger partial charge in [0.05, 0.1) is 33.5 Å². The summed E-state index contributed by atoms with van der Waals surface area (Å²) in [5, 5.41) is 7.38. The maximum Gasteiger partial charge on any atom is 0.0716 e. The van der Waals surface area contributed by atoms with Gasteiger partial charge in [-0.25, -0.2) is 4.98 Å². The number of fused-ring (bicyclic) bond motifs is 8. The van der Waals surface area contributed by atoms with Gasteiger partial charge >= 0.3 is 0 Å². The topological polar surface area (TPSA) is 22.8 Å². The number of pyridine rings is 1. The van der Waals surface area contributed by atoms with Crippen LogP contribution in [0.3, 0.4) is 0 Å². The Kier molecular flexibility index (Phi) is 7.85. The molecular formula is C57H37N3. The van der Waals surface area contributed by atoms with Crippen LogP contribution in [0.15, 0.2) is 224 Å². The summed E-state index contributed by atoms with van der Waals surface area (Å²) in [5.41, 5.74) is 15.7. The molecule has 0 aliphatic heterocycles. The van der Waals surface area contributed by atoms with Crippen LogP contribution in [-0.2, 0) is 0 Å². The Balaban J connectivity index is 1.09. The summed E-state index contributed by atoms with van der Waals surface area (Å²) >= 11 is 0. The minimum Gasteiger partial charge on any atom is -0.309 e. The van der Waals surface area contributed by atoms with E-state index >= 15 is 0 Å². The van der Waals surface area contributed by atoms with Crippen LogP contribution < -0.4 is 0 Å². The number of hydrogen-bond acceptors (Lipinski definition) is 1. The molecule has 0 atom stereocenters. The van der Waals surface area contributed by atoms with E-state index in [0.717, 1.165) is 50.5 Å². The van der Waals surface area contributed by atoms with Crippen molar-refractivity contribution in [1.29, 1.82) is 0 Å². The van der Waals surface area contributed by atoms with Gasteiger partial charge in [0.1, 0.15) is 0 Å². The molecule has 9 aromatic carbocycles. The smallest absolute Gasteiger partial charge is 0.0716 e. The lowest BCUT2D eigenvalue weighted by Crippen LogP contribution is -1.97. The largest absolute Gasteiger partial charge is 0.309 e. The quantitative estimate of drug-likeness (QED) is 0.165. The molecule has 60 heavy (non-hydrogen) atoms. The first-order chi connectivity index (χ1) is 29.8. The maximum atomic E-state index is 5.35. The predicted octanol–water partition coefficient (Wildman–Crippen LogP) is 15.1. The predicted molar refractivity (Wildman–Crippen MR) is 252 cm³/mol. The van der Waals surface area contributed by atoms with Crippen molar-refractivity contribution in [3.8, 4) is 56.1 Å². The molecule has 0 aliphatic carbocycles. The highest BCUT2D eigenvalue weighted by Crippen LogP contribution is 2.43. The normalized spacial score (nSPS) is 11.7. The van der Waals surface area contributed by atoms with Crippen molar-refractivity contribution < 1.29 is 0 Å². The summed E-state index contributed by atoms with van der Waals surface area (Å²) in [5.74, 6) is 0. The molecule has 0 amide bonds. The second-order valence-corrected chi connectivity index (χ2v) is 15.5. The van der Waals surface area contributed by atoms with Crippen LogP contribution in [0.25, 0.3) is 111 Å². The maximum absolute atomic E-state index is 5.35. The Hall–Kier alpha value is -8.01. The monoisotopic (exact) mass is 763 g/mol. The molecule has 280 valence electrons. The number of aromatic nitrogens is 3. The second-order valence-electron chi connectivity index (χ2n) is 15.5. The van der Waals surface area contributed by atoms with E-state index in [4.69, 9.17) is 4.98 Å². The summed E-state index contributed by atoms with van der Waals surface area (Å²) in [6.07, 6.45) is 0. The van der Waals surface area contributed by atoms with Crippen LogP contribution in [-0.4, -0.2) is 14.1 Å². The fourth-order valence-electron chi connectivity index (χ4n) is 9.38. The van der Waals surface area contributed by atoms with Gasteiger partial charge in [-0.3, -0.25) is 0 Å². The summed E-state index contributed by atoms with van der Waals surface area (Å²) in [6, 6.07) is 81.0. The number of rotatable bonds is 6. The minimum atomic E-state index is 0.933. The van der Waals surface area contributed by atoms with Gasteiger partial charge < -0.3 is 9.13 Å². The molecule has 0 radical (unpaired) electrons. The van der Waals surface area contributed by atoms with Gasteiger partial charge in [-0.15, -0.1) is 0 Å². The van der Waals surface area contributed by atoms with Crippen molar-refractivity contribution in [2.75, 3.05) is 0 Å². The highest BCUT2D eigenvalue weighted by atomic mass is 15.0. The van der Waals surface area contributed by atoms with E-state index < -0.39 is 0 Å². The fraction of sp³-hybridized carbons (Fsp3) is 0. The number of benzene rings is 9. The molecule has 3 aromatic heterocycles. The van der Waals surface area contributed by atoms with Gasteiger partial charge in [-0.1, -0.05) is 170 Å². The molecule has 3 heteroatoms. The lowest BCUT2D eigenvalue weighted by atomic mass is 9.95. The number of para-hydroxylation sites is 2. The first-order valence-corrected chi connectivity index (χ1v) is 20.5. The third-order valence-electron chi connectivity index (χ3n) is 12.1. The Morgan fingerprint density at radius 2 is 0.850 bits per heavy atom. The van der Waals surface area contributed by atoms with E-state index in [1.165, 1.54) is 60.0 Å². The molecule has 0 spiro atoms. The summed E-state index contributed by atoms with van der Waals surface area (Å²) in [7, 11) is 0. The standard InChI is InChI=1S/C57H37N3/c1-3-16-38(17-4-1)41-22-13-25-45(34-41)60-53-30-11-9-27-48(53)49-32-33-55-56(57(49)60)50-28-10-12-31-54(50)59(55)44-24-14-23-42(35-44)52-37-43(36-51(58-52)40-19-5-2-6-20-40)47-29-15-21-39-18-7-8-26-46(39)47/h1-37H. The molecule has 0 N–H and O–H groups in total. The van der Waals surface area contributed by atoms with E-state index in [2.05, 4.69) is 234 Å². The lowest BCUT2D eigenvalue weighted by Gasteiger charge is -2.14. The SMILES string of the molecule is c1ccc(-c2cccc(-n3c4ccccc4c4ccc5c(c6ccccc6n5-c5cccc(-c6cc(-c7cccc8ccccc78)cc(-c7ccccc7)n6)c5)c43)c2)cc1. The van der Waals surface area contributed by atoms with Crippen LogP contribution in [0.2, 0.25) is 0 Å². The van der Waals surface area contributed by atoms with Gasteiger partial charge in [-0.2, -0.15) is 0 Å². The van der Waals surface area contributed by atoms with Gasteiger partial charge in [0, 0.05) is 44.0 Å². The average Bonchev–Trinajstić information content (AvgIpc) is 3.85. The number of hydrogen-bond donors (Lipinski definition) is 0. The Labute approximate surface area is 347 Å². The molecular weight excluding hydrogens is 727 g/mol. The molecule has 0 saturated carbocycles. The van der Waals surface area contributed by atoms with Crippen molar-refractivity contribution in [2.24, 2.45) is 0 Å². The van der Waals surface area contributed by atoms with Crippen LogP contribution in [0, 0.1) is 0 Å².